The van der Waals surface area contributed by atoms with Gasteiger partial charge >= 0.3 is 0 Å². The molecule has 0 aromatic carbocycles. The van der Waals surface area contributed by atoms with Crippen LogP contribution in [0.2, 0.25) is 5.15 Å². The number of hydrogen-bond donors (Lipinski definition) is 1. The van der Waals surface area contributed by atoms with Crippen LogP contribution in [-0.2, 0) is 6.54 Å². The van der Waals surface area contributed by atoms with Crippen molar-refractivity contribution in [3.05, 3.63) is 10.0 Å². The highest BCUT2D eigenvalue weighted by Gasteiger charge is 2.21. The summed E-state index contributed by atoms with van der Waals surface area (Å²) in [5.41, 5.74) is 0. The van der Waals surface area contributed by atoms with E-state index in [-0.39, 0.29) is 0 Å². The predicted octanol–water partition coefficient (Wildman–Crippen LogP) is 2.06. The summed E-state index contributed by atoms with van der Waals surface area (Å²) in [5.74, 6) is 0. The van der Waals surface area contributed by atoms with E-state index in [1.165, 1.54) is 24.2 Å². The molecule has 0 bridgehead atoms. The first-order chi connectivity index (χ1) is 6.29. The summed E-state index contributed by atoms with van der Waals surface area (Å²) in [6, 6.07) is 0.698. The smallest absolute Gasteiger partial charge is 0.274 e. The highest BCUT2D eigenvalue weighted by atomic mass is 35.5. The molecule has 0 aliphatic heterocycles. The molecule has 1 aliphatic rings. The van der Waals surface area contributed by atoms with Gasteiger partial charge < -0.3 is 10.1 Å². The lowest BCUT2D eigenvalue weighted by Crippen LogP contribution is -2.14. The summed E-state index contributed by atoms with van der Waals surface area (Å²) in [6.07, 6.45) is 2.57. The number of nitrogens with one attached hydrogen (secondary N) is 1. The van der Waals surface area contributed by atoms with Crippen molar-refractivity contribution in [1.29, 1.82) is 0 Å². The van der Waals surface area contributed by atoms with Crippen LogP contribution in [0, 0.1) is 0 Å². The van der Waals surface area contributed by atoms with Gasteiger partial charge in [-0.1, -0.05) is 22.9 Å². The third-order valence-corrected chi connectivity index (χ3v) is 3.37. The Balaban J connectivity index is 1.96. The largest absolute Gasteiger partial charge is 0.473 e. The molecular formula is C8H11ClN2OS. The molecule has 1 N–H and O–H groups in total. The molecule has 2 rings (SSSR count). The topological polar surface area (TPSA) is 34.1 Å². The molecule has 1 heterocycles. The minimum absolute atomic E-state index is 0.565. The Labute approximate surface area is 86.1 Å². The van der Waals surface area contributed by atoms with Crippen molar-refractivity contribution < 1.29 is 4.74 Å². The van der Waals surface area contributed by atoms with Crippen molar-refractivity contribution in [3.8, 4) is 5.19 Å². The molecule has 1 aromatic heterocycles. The molecule has 1 saturated carbocycles. The zero-order valence-electron chi connectivity index (χ0n) is 7.34. The summed E-state index contributed by atoms with van der Waals surface area (Å²) in [6.45, 7) is 0.810. The van der Waals surface area contributed by atoms with Gasteiger partial charge in [-0.2, -0.15) is 4.98 Å². The Morgan fingerprint density at radius 1 is 1.69 bits per heavy atom. The minimum Gasteiger partial charge on any atom is -0.473 e. The molecule has 0 spiro atoms. The van der Waals surface area contributed by atoms with Crippen LogP contribution in [-0.4, -0.2) is 18.1 Å². The third kappa shape index (κ3) is 2.33. The Hall–Kier alpha value is -0.320. The van der Waals surface area contributed by atoms with Gasteiger partial charge in [0, 0.05) is 12.6 Å². The number of ether oxygens (including phenoxy) is 1. The molecule has 1 fully saturated rings. The summed E-state index contributed by atoms with van der Waals surface area (Å²) >= 11 is 7.41. The van der Waals surface area contributed by atoms with Crippen molar-refractivity contribution in [2.75, 3.05) is 7.11 Å². The summed E-state index contributed by atoms with van der Waals surface area (Å²) < 4.78 is 4.99. The second-order valence-corrected chi connectivity index (χ2v) is 4.46. The SMILES string of the molecule is COc1nc(Cl)c(CNC2CC2)s1. The van der Waals surface area contributed by atoms with E-state index >= 15 is 0 Å². The standard InChI is InChI=1S/C8H11ClN2OS/c1-12-8-11-7(9)6(13-8)4-10-5-2-3-5/h5,10H,2-4H2,1H3. The van der Waals surface area contributed by atoms with Crippen molar-refractivity contribution >= 4 is 22.9 Å². The Morgan fingerprint density at radius 3 is 3.00 bits per heavy atom. The minimum atomic E-state index is 0.565. The monoisotopic (exact) mass is 218 g/mol. The quantitative estimate of drug-likeness (QED) is 0.840. The lowest BCUT2D eigenvalue weighted by Gasteiger charge is -1.97. The van der Waals surface area contributed by atoms with Crippen molar-refractivity contribution in [2.45, 2.75) is 25.4 Å². The van der Waals surface area contributed by atoms with E-state index in [1.54, 1.807) is 7.11 Å². The Kier molecular flexibility index (Phi) is 2.71. The molecule has 0 amide bonds. The van der Waals surface area contributed by atoms with Crippen LogP contribution in [0.1, 0.15) is 17.7 Å². The molecule has 0 radical (unpaired) electrons. The molecule has 0 unspecified atom stereocenters. The van der Waals surface area contributed by atoms with Crippen molar-refractivity contribution in [1.82, 2.24) is 10.3 Å². The fourth-order valence-electron chi connectivity index (χ4n) is 1.03. The first-order valence-electron chi connectivity index (χ1n) is 4.22. The average molecular weight is 219 g/mol. The summed E-state index contributed by atoms with van der Waals surface area (Å²) in [7, 11) is 1.60. The number of methoxy groups -OCH3 is 1. The molecule has 13 heavy (non-hydrogen) atoms. The van der Waals surface area contributed by atoms with E-state index in [9.17, 15) is 0 Å². The van der Waals surface area contributed by atoms with Gasteiger partial charge in [0.05, 0.1) is 12.0 Å². The Morgan fingerprint density at radius 2 is 2.46 bits per heavy atom. The second kappa shape index (κ2) is 3.82. The second-order valence-electron chi connectivity index (χ2n) is 3.05. The number of thiazole rings is 1. The maximum atomic E-state index is 5.91. The van der Waals surface area contributed by atoms with Crippen LogP contribution in [0.15, 0.2) is 0 Å². The zero-order valence-corrected chi connectivity index (χ0v) is 8.91. The normalized spacial score (nSPS) is 16.2. The number of hydrogen-bond acceptors (Lipinski definition) is 4. The van der Waals surface area contributed by atoms with Gasteiger partial charge in [0.15, 0.2) is 0 Å². The molecule has 5 heteroatoms. The van der Waals surface area contributed by atoms with Gasteiger partial charge in [0.25, 0.3) is 5.19 Å². The van der Waals surface area contributed by atoms with E-state index in [0.717, 1.165) is 11.4 Å². The summed E-state index contributed by atoms with van der Waals surface area (Å²) in [4.78, 5) is 5.11. The first kappa shape index (κ1) is 9.24. The number of rotatable bonds is 4. The highest BCUT2D eigenvalue weighted by molar-refractivity contribution is 7.13. The maximum absolute atomic E-state index is 5.91. The van der Waals surface area contributed by atoms with Crippen LogP contribution in [0.25, 0.3) is 0 Å². The molecule has 1 aromatic rings. The van der Waals surface area contributed by atoms with Crippen LogP contribution in [0.3, 0.4) is 0 Å². The fraction of sp³-hybridized carbons (Fsp3) is 0.625. The molecule has 1 aliphatic carbocycles. The van der Waals surface area contributed by atoms with Gasteiger partial charge in [0.2, 0.25) is 0 Å². The third-order valence-electron chi connectivity index (χ3n) is 1.93. The molecule has 3 nitrogen and oxygen atoms in total. The van der Waals surface area contributed by atoms with Crippen LogP contribution in [0.4, 0.5) is 0 Å². The van der Waals surface area contributed by atoms with E-state index in [0.29, 0.717) is 16.4 Å². The number of halogens is 1. The number of nitrogens with zero attached hydrogens (tertiary/aromatic N) is 1. The van der Waals surface area contributed by atoms with Crippen LogP contribution < -0.4 is 10.1 Å². The zero-order chi connectivity index (χ0) is 9.26. The Bertz CT molecular complexity index is 298. The van der Waals surface area contributed by atoms with E-state index in [4.69, 9.17) is 16.3 Å². The maximum Gasteiger partial charge on any atom is 0.274 e. The first-order valence-corrected chi connectivity index (χ1v) is 5.41. The van der Waals surface area contributed by atoms with Crippen LogP contribution in [0.5, 0.6) is 5.19 Å². The van der Waals surface area contributed by atoms with Crippen LogP contribution >= 0.6 is 22.9 Å². The molecular weight excluding hydrogens is 208 g/mol. The summed E-state index contributed by atoms with van der Waals surface area (Å²) in [5, 5.41) is 4.58. The van der Waals surface area contributed by atoms with Gasteiger partial charge in [-0.15, -0.1) is 0 Å². The fourth-order valence-corrected chi connectivity index (χ4v) is 2.06. The van der Waals surface area contributed by atoms with Gasteiger partial charge in [0.1, 0.15) is 5.15 Å². The average Bonchev–Trinajstić information content (AvgIpc) is 2.88. The van der Waals surface area contributed by atoms with Gasteiger partial charge in [-0.3, -0.25) is 0 Å². The molecule has 72 valence electrons. The molecule has 0 saturated heterocycles. The van der Waals surface area contributed by atoms with E-state index in [1.807, 2.05) is 0 Å². The van der Waals surface area contributed by atoms with Gasteiger partial charge in [-0.25, -0.2) is 0 Å². The van der Waals surface area contributed by atoms with Crippen molar-refractivity contribution in [2.24, 2.45) is 0 Å². The highest BCUT2D eigenvalue weighted by Crippen LogP contribution is 2.29. The van der Waals surface area contributed by atoms with E-state index < -0.39 is 0 Å². The lowest BCUT2D eigenvalue weighted by atomic mass is 10.5. The van der Waals surface area contributed by atoms with E-state index in [2.05, 4.69) is 10.3 Å². The van der Waals surface area contributed by atoms with Gasteiger partial charge in [-0.05, 0) is 12.8 Å². The predicted molar refractivity (Wildman–Crippen MR) is 53.5 cm³/mol. The lowest BCUT2D eigenvalue weighted by molar-refractivity contribution is 0.412. The van der Waals surface area contributed by atoms with Crippen molar-refractivity contribution in [3.63, 3.8) is 0 Å². The number of aromatic nitrogens is 1. The molecule has 0 atom stereocenters.